The molecule has 1 fully saturated rings. The third-order valence-corrected chi connectivity index (χ3v) is 2.85. The van der Waals surface area contributed by atoms with Crippen molar-refractivity contribution < 1.29 is 9.53 Å². The summed E-state index contributed by atoms with van der Waals surface area (Å²) in [7, 11) is 0. The summed E-state index contributed by atoms with van der Waals surface area (Å²) < 4.78 is 5.30. The van der Waals surface area contributed by atoms with Crippen LogP contribution in [0.2, 0.25) is 5.15 Å². The minimum Gasteiger partial charge on any atom is -0.397 e. The van der Waals surface area contributed by atoms with Gasteiger partial charge in [0.05, 0.1) is 24.1 Å². The van der Waals surface area contributed by atoms with Crippen LogP contribution in [-0.4, -0.2) is 42.1 Å². The highest BCUT2D eigenvalue weighted by molar-refractivity contribution is 6.29. The van der Waals surface area contributed by atoms with E-state index in [-0.39, 0.29) is 11.1 Å². The second kappa shape index (κ2) is 5.33. The molecular weight excluding hydrogens is 242 g/mol. The zero-order chi connectivity index (χ0) is 12.3. The van der Waals surface area contributed by atoms with Gasteiger partial charge in [-0.2, -0.15) is 0 Å². The fraction of sp³-hybridized carbons (Fsp3) is 0.455. The number of carbonyl (C=O) groups is 1. The SMILES string of the molecule is Nc1cnc(Cl)cc1C(=O)N1CCCOCC1. The van der Waals surface area contributed by atoms with E-state index >= 15 is 0 Å². The number of nitrogens with zero attached hydrogens (tertiary/aromatic N) is 2. The molecule has 2 rings (SSSR count). The number of hydrogen-bond donors (Lipinski definition) is 1. The lowest BCUT2D eigenvalue weighted by molar-refractivity contribution is 0.0742. The van der Waals surface area contributed by atoms with Gasteiger partial charge in [-0.05, 0) is 12.5 Å². The number of amides is 1. The Bertz CT molecular complexity index is 417. The van der Waals surface area contributed by atoms with Gasteiger partial charge in [-0.1, -0.05) is 11.6 Å². The molecule has 0 unspecified atom stereocenters. The number of pyridine rings is 1. The zero-order valence-corrected chi connectivity index (χ0v) is 10.1. The Hall–Kier alpha value is -1.33. The minimum absolute atomic E-state index is 0.114. The fourth-order valence-corrected chi connectivity index (χ4v) is 1.90. The molecule has 92 valence electrons. The van der Waals surface area contributed by atoms with E-state index in [0.717, 1.165) is 6.42 Å². The molecule has 0 spiro atoms. The van der Waals surface area contributed by atoms with Crippen molar-refractivity contribution in [2.45, 2.75) is 6.42 Å². The van der Waals surface area contributed by atoms with Crippen LogP contribution in [0.4, 0.5) is 5.69 Å². The maximum atomic E-state index is 12.2. The molecule has 0 radical (unpaired) electrons. The number of halogens is 1. The van der Waals surface area contributed by atoms with Crippen LogP contribution in [-0.2, 0) is 4.74 Å². The summed E-state index contributed by atoms with van der Waals surface area (Å²) in [5.41, 5.74) is 6.50. The lowest BCUT2D eigenvalue weighted by Gasteiger charge is -2.20. The van der Waals surface area contributed by atoms with Crippen LogP contribution in [0.15, 0.2) is 12.3 Å². The zero-order valence-electron chi connectivity index (χ0n) is 9.36. The molecule has 0 saturated carbocycles. The summed E-state index contributed by atoms with van der Waals surface area (Å²) in [5, 5.41) is 0.272. The molecule has 17 heavy (non-hydrogen) atoms. The number of nitrogens with two attached hydrogens (primary N) is 1. The Morgan fingerprint density at radius 3 is 3.12 bits per heavy atom. The Kier molecular flexibility index (Phi) is 3.81. The molecule has 0 aliphatic carbocycles. The smallest absolute Gasteiger partial charge is 0.256 e. The Morgan fingerprint density at radius 1 is 1.47 bits per heavy atom. The van der Waals surface area contributed by atoms with Gasteiger partial charge in [-0.3, -0.25) is 4.79 Å². The number of carbonyl (C=O) groups excluding carboxylic acids is 1. The first-order chi connectivity index (χ1) is 8.18. The second-order valence-electron chi connectivity index (χ2n) is 3.85. The van der Waals surface area contributed by atoms with Crippen LogP contribution in [0.25, 0.3) is 0 Å². The minimum atomic E-state index is -0.114. The van der Waals surface area contributed by atoms with Gasteiger partial charge in [0, 0.05) is 19.7 Å². The molecule has 0 bridgehead atoms. The third-order valence-electron chi connectivity index (χ3n) is 2.64. The van der Waals surface area contributed by atoms with Gasteiger partial charge in [0.2, 0.25) is 0 Å². The molecule has 1 aliphatic heterocycles. The largest absolute Gasteiger partial charge is 0.397 e. The molecular formula is C11H14ClN3O2. The molecule has 5 nitrogen and oxygen atoms in total. The molecule has 6 heteroatoms. The highest BCUT2D eigenvalue weighted by Gasteiger charge is 2.19. The first kappa shape index (κ1) is 12.1. The van der Waals surface area contributed by atoms with Gasteiger partial charge in [0.1, 0.15) is 5.15 Å². The normalized spacial score (nSPS) is 16.6. The van der Waals surface area contributed by atoms with Crippen LogP contribution < -0.4 is 5.73 Å². The van der Waals surface area contributed by atoms with Crippen molar-refractivity contribution in [3.05, 3.63) is 23.0 Å². The van der Waals surface area contributed by atoms with Crippen molar-refractivity contribution in [3.8, 4) is 0 Å². The van der Waals surface area contributed by atoms with E-state index in [0.29, 0.717) is 37.6 Å². The van der Waals surface area contributed by atoms with Crippen LogP contribution in [0.3, 0.4) is 0 Å². The summed E-state index contributed by atoms with van der Waals surface area (Å²) in [6, 6.07) is 1.50. The lowest BCUT2D eigenvalue weighted by Crippen LogP contribution is -2.33. The van der Waals surface area contributed by atoms with Gasteiger partial charge >= 0.3 is 0 Å². The van der Waals surface area contributed by atoms with Crippen LogP contribution >= 0.6 is 11.6 Å². The summed E-state index contributed by atoms with van der Waals surface area (Å²) in [6.45, 7) is 2.51. The number of anilines is 1. The predicted octanol–water partition coefficient (Wildman–Crippen LogP) is 1.18. The first-order valence-corrected chi connectivity index (χ1v) is 5.84. The van der Waals surface area contributed by atoms with Crippen molar-refractivity contribution in [3.63, 3.8) is 0 Å². The molecule has 1 aromatic heterocycles. The first-order valence-electron chi connectivity index (χ1n) is 5.46. The van der Waals surface area contributed by atoms with Crippen molar-refractivity contribution in [1.29, 1.82) is 0 Å². The molecule has 0 aromatic carbocycles. The van der Waals surface area contributed by atoms with Crippen molar-refractivity contribution in [2.75, 3.05) is 32.0 Å². The molecule has 2 heterocycles. The summed E-state index contributed by atoms with van der Waals surface area (Å²) in [4.78, 5) is 17.8. The number of ether oxygens (including phenoxy) is 1. The second-order valence-corrected chi connectivity index (χ2v) is 4.24. The van der Waals surface area contributed by atoms with Gasteiger partial charge in [0.15, 0.2) is 0 Å². The van der Waals surface area contributed by atoms with Crippen molar-refractivity contribution in [1.82, 2.24) is 9.88 Å². The molecule has 1 aromatic rings. The fourth-order valence-electron chi connectivity index (χ4n) is 1.75. The van der Waals surface area contributed by atoms with E-state index in [1.165, 1.54) is 12.3 Å². The number of nitrogen functional groups attached to an aromatic ring is 1. The number of rotatable bonds is 1. The van der Waals surface area contributed by atoms with E-state index in [4.69, 9.17) is 22.1 Å². The molecule has 1 amide bonds. The van der Waals surface area contributed by atoms with Crippen LogP contribution in [0.1, 0.15) is 16.8 Å². The standard InChI is InChI=1S/C11H14ClN3O2/c12-10-6-8(9(13)7-14-10)11(16)15-2-1-4-17-5-3-15/h6-7H,1-5,13H2. The number of hydrogen-bond acceptors (Lipinski definition) is 4. The lowest BCUT2D eigenvalue weighted by atomic mass is 10.2. The van der Waals surface area contributed by atoms with Crippen molar-refractivity contribution >= 4 is 23.2 Å². The Balaban J connectivity index is 2.20. The average Bonchev–Trinajstić information content (AvgIpc) is 2.60. The molecule has 2 N–H and O–H groups in total. The van der Waals surface area contributed by atoms with Crippen LogP contribution in [0.5, 0.6) is 0 Å². The van der Waals surface area contributed by atoms with E-state index in [1.807, 2.05) is 0 Å². The molecule has 1 saturated heterocycles. The summed E-state index contributed by atoms with van der Waals surface area (Å²) in [5.74, 6) is -0.114. The van der Waals surface area contributed by atoms with Gasteiger partial charge in [-0.25, -0.2) is 4.98 Å². The predicted molar refractivity (Wildman–Crippen MR) is 65.0 cm³/mol. The maximum absolute atomic E-state index is 12.2. The van der Waals surface area contributed by atoms with Crippen molar-refractivity contribution in [2.24, 2.45) is 0 Å². The van der Waals surface area contributed by atoms with Gasteiger partial charge in [0.25, 0.3) is 5.91 Å². The third kappa shape index (κ3) is 2.87. The molecule has 1 aliphatic rings. The molecule has 0 atom stereocenters. The van der Waals surface area contributed by atoms with Crippen LogP contribution in [0, 0.1) is 0 Å². The van der Waals surface area contributed by atoms with Gasteiger partial charge in [-0.15, -0.1) is 0 Å². The van der Waals surface area contributed by atoms with E-state index in [2.05, 4.69) is 4.98 Å². The van der Waals surface area contributed by atoms with Gasteiger partial charge < -0.3 is 15.4 Å². The highest BCUT2D eigenvalue weighted by atomic mass is 35.5. The monoisotopic (exact) mass is 255 g/mol. The quantitative estimate of drug-likeness (QED) is 0.765. The Labute approximate surface area is 105 Å². The highest BCUT2D eigenvalue weighted by Crippen LogP contribution is 2.17. The Morgan fingerprint density at radius 2 is 2.29 bits per heavy atom. The summed E-state index contributed by atoms with van der Waals surface area (Å²) >= 11 is 5.77. The average molecular weight is 256 g/mol. The number of aromatic nitrogens is 1. The maximum Gasteiger partial charge on any atom is 0.256 e. The topological polar surface area (TPSA) is 68.5 Å². The summed E-state index contributed by atoms with van der Waals surface area (Å²) in [6.07, 6.45) is 2.24. The van der Waals surface area contributed by atoms with E-state index in [9.17, 15) is 4.79 Å². The van der Waals surface area contributed by atoms with E-state index < -0.39 is 0 Å². The van der Waals surface area contributed by atoms with E-state index in [1.54, 1.807) is 4.90 Å².